The van der Waals surface area contributed by atoms with Crippen LogP contribution in [0.15, 0.2) is 23.1 Å². The Morgan fingerprint density at radius 2 is 1.73 bits per heavy atom. The lowest BCUT2D eigenvalue weighted by molar-refractivity contribution is -0.385. The Morgan fingerprint density at radius 1 is 1.04 bits per heavy atom. The second kappa shape index (κ2) is 7.89. The van der Waals surface area contributed by atoms with E-state index in [-0.39, 0.29) is 10.6 Å². The second-order valence-electron chi connectivity index (χ2n) is 7.18. The third kappa shape index (κ3) is 4.52. The van der Waals surface area contributed by atoms with Crippen molar-refractivity contribution in [3.63, 3.8) is 0 Å². The van der Waals surface area contributed by atoms with Gasteiger partial charge in [0.1, 0.15) is 0 Å². The van der Waals surface area contributed by atoms with Crippen molar-refractivity contribution in [3.8, 4) is 0 Å². The highest BCUT2D eigenvalue weighted by molar-refractivity contribution is 7.89. The van der Waals surface area contributed by atoms with E-state index in [1.807, 2.05) is 0 Å². The summed E-state index contributed by atoms with van der Waals surface area (Å²) < 4.78 is 23.4. The summed E-state index contributed by atoms with van der Waals surface area (Å²) in [6.45, 7) is 3.70. The van der Waals surface area contributed by atoms with Crippen LogP contribution in [-0.2, 0) is 10.0 Å². The summed E-state index contributed by atoms with van der Waals surface area (Å²) in [5, 5.41) is 16.4. The Bertz CT molecular complexity index is 760. The number of hydrogen-bond donors (Lipinski definition) is 1. The lowest BCUT2D eigenvalue weighted by Gasteiger charge is -2.40. The first-order valence-electron chi connectivity index (χ1n) is 9.16. The number of nitro benzene ring substituents is 1. The van der Waals surface area contributed by atoms with E-state index in [4.69, 9.17) is 5.14 Å². The lowest BCUT2D eigenvalue weighted by Crippen LogP contribution is -2.48. The Morgan fingerprint density at radius 3 is 2.35 bits per heavy atom. The minimum Gasteiger partial charge on any atom is -0.370 e. The van der Waals surface area contributed by atoms with Gasteiger partial charge >= 0.3 is 0 Å². The fourth-order valence-electron chi connectivity index (χ4n) is 3.97. The molecule has 26 heavy (non-hydrogen) atoms. The van der Waals surface area contributed by atoms with Gasteiger partial charge in [-0.2, -0.15) is 0 Å². The topological polar surface area (TPSA) is 110 Å². The standard InChI is InChI=1S/C17H26N4O4S/c18-26(24,25)17-11-15(10-16(12-17)21(22)23)20-9-5-6-14(13-20)19-7-3-1-2-4-8-19/h10-12,14H,1-9,13H2,(H2,18,24,25). The van der Waals surface area contributed by atoms with Crippen LogP contribution in [0.3, 0.4) is 0 Å². The Kier molecular flexibility index (Phi) is 5.79. The van der Waals surface area contributed by atoms with Crippen molar-refractivity contribution in [1.29, 1.82) is 0 Å². The number of likely N-dealkylation sites (tertiary alicyclic amines) is 1. The van der Waals surface area contributed by atoms with Crippen molar-refractivity contribution in [2.24, 2.45) is 5.14 Å². The van der Waals surface area contributed by atoms with Crippen LogP contribution in [0.25, 0.3) is 0 Å². The van der Waals surface area contributed by atoms with Gasteiger partial charge in [-0.3, -0.25) is 15.0 Å². The van der Waals surface area contributed by atoms with E-state index in [9.17, 15) is 18.5 Å². The highest BCUT2D eigenvalue weighted by Crippen LogP contribution is 2.29. The zero-order chi connectivity index (χ0) is 18.7. The van der Waals surface area contributed by atoms with E-state index in [0.717, 1.165) is 45.1 Å². The molecule has 2 saturated heterocycles. The molecule has 0 aliphatic carbocycles. The van der Waals surface area contributed by atoms with Gasteiger partial charge in [-0.15, -0.1) is 0 Å². The molecule has 8 nitrogen and oxygen atoms in total. The molecule has 3 rings (SSSR count). The largest absolute Gasteiger partial charge is 0.370 e. The molecule has 1 aromatic rings. The van der Waals surface area contributed by atoms with Gasteiger partial charge in [0.05, 0.1) is 9.82 Å². The number of sulfonamides is 1. The average molecular weight is 382 g/mol. The molecular weight excluding hydrogens is 356 g/mol. The predicted molar refractivity (Wildman–Crippen MR) is 99.7 cm³/mol. The molecule has 1 aromatic carbocycles. The summed E-state index contributed by atoms with van der Waals surface area (Å²) in [6, 6.07) is 4.32. The summed E-state index contributed by atoms with van der Waals surface area (Å²) in [4.78, 5) is 15.0. The third-order valence-electron chi connectivity index (χ3n) is 5.33. The number of rotatable bonds is 4. The number of non-ortho nitro benzene ring substituents is 1. The van der Waals surface area contributed by atoms with E-state index in [2.05, 4.69) is 9.80 Å². The van der Waals surface area contributed by atoms with Gasteiger partial charge in [0, 0.05) is 37.0 Å². The number of hydrogen-bond acceptors (Lipinski definition) is 6. The van der Waals surface area contributed by atoms with Gasteiger partial charge < -0.3 is 4.90 Å². The summed E-state index contributed by atoms with van der Waals surface area (Å²) in [6.07, 6.45) is 7.05. The van der Waals surface area contributed by atoms with Crippen molar-refractivity contribution < 1.29 is 13.3 Å². The fourth-order valence-corrected chi connectivity index (χ4v) is 4.54. The summed E-state index contributed by atoms with van der Waals surface area (Å²) in [7, 11) is -4.00. The molecule has 0 bridgehead atoms. The van der Waals surface area contributed by atoms with Crippen LogP contribution in [0.4, 0.5) is 11.4 Å². The molecule has 2 N–H and O–H groups in total. The first-order valence-corrected chi connectivity index (χ1v) is 10.7. The number of anilines is 1. The summed E-state index contributed by atoms with van der Waals surface area (Å²) in [5.74, 6) is 0. The van der Waals surface area contributed by atoms with Crippen LogP contribution < -0.4 is 10.0 Å². The second-order valence-corrected chi connectivity index (χ2v) is 8.74. The minimum atomic E-state index is -4.00. The van der Waals surface area contributed by atoms with Crippen LogP contribution in [-0.4, -0.2) is 50.5 Å². The van der Waals surface area contributed by atoms with Gasteiger partial charge in [0.25, 0.3) is 5.69 Å². The third-order valence-corrected chi connectivity index (χ3v) is 6.23. The molecule has 0 spiro atoms. The first kappa shape index (κ1) is 19.1. The summed E-state index contributed by atoms with van der Waals surface area (Å²) in [5.41, 5.74) is 0.311. The maximum atomic E-state index is 11.7. The molecule has 2 fully saturated rings. The van der Waals surface area contributed by atoms with Gasteiger partial charge in [-0.1, -0.05) is 12.8 Å². The van der Waals surface area contributed by atoms with E-state index in [1.165, 1.54) is 37.8 Å². The molecule has 1 unspecified atom stereocenters. The SMILES string of the molecule is NS(=O)(=O)c1cc(N2CCCC(N3CCCCCC3)C2)cc([N+](=O)[O-])c1. The Balaban J connectivity index is 1.85. The zero-order valence-corrected chi connectivity index (χ0v) is 15.7. The number of benzene rings is 1. The quantitative estimate of drug-likeness (QED) is 0.631. The molecule has 0 radical (unpaired) electrons. The molecule has 0 aromatic heterocycles. The van der Waals surface area contributed by atoms with Crippen LogP contribution in [0.1, 0.15) is 38.5 Å². The van der Waals surface area contributed by atoms with E-state index < -0.39 is 14.9 Å². The molecule has 9 heteroatoms. The molecule has 0 saturated carbocycles. The number of nitrogens with two attached hydrogens (primary N) is 1. The molecule has 1 atom stereocenters. The average Bonchev–Trinajstić information content (AvgIpc) is 2.90. The minimum absolute atomic E-state index is 0.210. The van der Waals surface area contributed by atoms with Gasteiger partial charge in [-0.25, -0.2) is 13.6 Å². The normalized spacial score (nSPS) is 22.8. The lowest BCUT2D eigenvalue weighted by atomic mass is 10.0. The van der Waals surface area contributed by atoms with Crippen molar-refractivity contribution in [3.05, 3.63) is 28.3 Å². The maximum absolute atomic E-state index is 11.7. The van der Waals surface area contributed by atoms with Gasteiger partial charge in [-0.05, 0) is 44.8 Å². The van der Waals surface area contributed by atoms with Crippen molar-refractivity contribution in [2.45, 2.75) is 49.5 Å². The van der Waals surface area contributed by atoms with E-state index in [0.29, 0.717) is 11.7 Å². The molecule has 2 heterocycles. The van der Waals surface area contributed by atoms with Gasteiger partial charge in [0.2, 0.25) is 10.0 Å². The monoisotopic (exact) mass is 382 g/mol. The molecule has 0 amide bonds. The smallest absolute Gasteiger partial charge is 0.272 e. The van der Waals surface area contributed by atoms with Crippen LogP contribution >= 0.6 is 0 Å². The predicted octanol–water partition coefficient (Wildman–Crippen LogP) is 2.09. The Hall–Kier alpha value is -1.71. The van der Waals surface area contributed by atoms with E-state index >= 15 is 0 Å². The van der Waals surface area contributed by atoms with Crippen LogP contribution in [0.5, 0.6) is 0 Å². The molecule has 2 aliphatic rings. The molecule has 144 valence electrons. The highest BCUT2D eigenvalue weighted by atomic mass is 32.2. The zero-order valence-electron chi connectivity index (χ0n) is 14.8. The van der Waals surface area contributed by atoms with Crippen molar-refractivity contribution in [2.75, 3.05) is 31.1 Å². The maximum Gasteiger partial charge on any atom is 0.272 e. The first-order chi connectivity index (χ1) is 12.3. The van der Waals surface area contributed by atoms with E-state index in [1.54, 1.807) is 0 Å². The summed E-state index contributed by atoms with van der Waals surface area (Å²) >= 11 is 0. The number of primary sulfonamides is 1. The number of nitro groups is 1. The fraction of sp³-hybridized carbons (Fsp3) is 0.647. The Labute approximate surface area is 154 Å². The van der Waals surface area contributed by atoms with Crippen LogP contribution in [0, 0.1) is 10.1 Å². The van der Waals surface area contributed by atoms with Gasteiger partial charge in [0.15, 0.2) is 0 Å². The van der Waals surface area contributed by atoms with Crippen LogP contribution in [0.2, 0.25) is 0 Å². The van der Waals surface area contributed by atoms with Crippen molar-refractivity contribution >= 4 is 21.4 Å². The highest BCUT2D eigenvalue weighted by Gasteiger charge is 2.27. The number of nitrogens with zero attached hydrogens (tertiary/aromatic N) is 3. The van der Waals surface area contributed by atoms with Crippen molar-refractivity contribution in [1.82, 2.24) is 4.90 Å². The number of piperidine rings is 1. The molecular formula is C17H26N4O4S. The molecule has 2 aliphatic heterocycles.